The lowest BCUT2D eigenvalue weighted by Gasteiger charge is -2.09. The van der Waals surface area contributed by atoms with E-state index in [1.54, 1.807) is 18.2 Å². The molecule has 0 aromatic carbocycles. The lowest BCUT2D eigenvalue weighted by atomic mass is 10.3. The fraction of sp³-hybridized carbons (Fsp3) is 0.533. The van der Waals surface area contributed by atoms with E-state index in [4.69, 9.17) is 0 Å². The molecule has 122 valence electrons. The molecule has 22 heavy (non-hydrogen) atoms. The second-order valence-corrected chi connectivity index (χ2v) is 4.88. The van der Waals surface area contributed by atoms with E-state index >= 15 is 0 Å². The van der Waals surface area contributed by atoms with Gasteiger partial charge >= 0.3 is 12.1 Å². The molecule has 0 radical (unpaired) electrons. The third kappa shape index (κ3) is 7.47. The van der Waals surface area contributed by atoms with E-state index in [9.17, 15) is 9.59 Å². The van der Waals surface area contributed by atoms with Crippen LogP contribution < -0.4 is 21.3 Å². The van der Waals surface area contributed by atoms with Gasteiger partial charge in [-0.05, 0) is 25.0 Å². The first-order valence-electron chi connectivity index (χ1n) is 7.72. The van der Waals surface area contributed by atoms with Crippen molar-refractivity contribution in [1.29, 1.82) is 0 Å². The zero-order chi connectivity index (χ0) is 16.2. The fourth-order valence-electron chi connectivity index (χ4n) is 1.65. The number of pyridine rings is 1. The molecule has 0 unspecified atom stereocenters. The number of anilines is 2. The van der Waals surface area contributed by atoms with Gasteiger partial charge < -0.3 is 10.6 Å². The summed E-state index contributed by atoms with van der Waals surface area (Å²) >= 11 is 0. The molecule has 4 amide bonds. The number of amides is 4. The number of rotatable bonds is 8. The number of hydrogen-bond acceptors (Lipinski definition) is 3. The van der Waals surface area contributed by atoms with Crippen molar-refractivity contribution in [3.05, 3.63) is 18.2 Å². The van der Waals surface area contributed by atoms with Gasteiger partial charge in [-0.1, -0.05) is 32.8 Å². The van der Waals surface area contributed by atoms with Crippen molar-refractivity contribution in [3.63, 3.8) is 0 Å². The molecular formula is C15H25N5O2. The molecule has 0 atom stereocenters. The van der Waals surface area contributed by atoms with Gasteiger partial charge in [-0.2, -0.15) is 0 Å². The summed E-state index contributed by atoms with van der Waals surface area (Å²) in [6.45, 7) is 5.36. The Hall–Kier alpha value is -2.31. The first-order valence-corrected chi connectivity index (χ1v) is 7.72. The van der Waals surface area contributed by atoms with Gasteiger partial charge in [0, 0.05) is 13.1 Å². The van der Waals surface area contributed by atoms with E-state index in [2.05, 4.69) is 40.1 Å². The van der Waals surface area contributed by atoms with Crippen molar-refractivity contribution >= 4 is 23.7 Å². The Morgan fingerprint density at radius 2 is 1.36 bits per heavy atom. The second-order valence-electron chi connectivity index (χ2n) is 4.88. The van der Waals surface area contributed by atoms with Gasteiger partial charge in [-0.25, -0.2) is 14.6 Å². The number of hydrogen-bond donors (Lipinski definition) is 4. The van der Waals surface area contributed by atoms with Crippen LogP contribution in [0.25, 0.3) is 0 Å². The quantitative estimate of drug-likeness (QED) is 0.556. The van der Waals surface area contributed by atoms with Crippen LogP contribution in [-0.4, -0.2) is 30.1 Å². The summed E-state index contributed by atoms with van der Waals surface area (Å²) in [6, 6.07) is 4.45. The van der Waals surface area contributed by atoms with Crippen molar-refractivity contribution in [3.8, 4) is 0 Å². The largest absolute Gasteiger partial charge is 0.338 e. The summed E-state index contributed by atoms with van der Waals surface area (Å²) < 4.78 is 0. The first-order chi connectivity index (χ1) is 10.7. The molecule has 1 heterocycles. The maximum absolute atomic E-state index is 11.6. The molecule has 0 aliphatic carbocycles. The van der Waals surface area contributed by atoms with Crippen LogP contribution in [0.15, 0.2) is 18.2 Å². The predicted octanol–water partition coefficient (Wildman–Crippen LogP) is 2.92. The lowest BCUT2D eigenvalue weighted by Crippen LogP contribution is -2.31. The predicted molar refractivity (Wildman–Crippen MR) is 88.1 cm³/mol. The summed E-state index contributed by atoms with van der Waals surface area (Å²) in [6.07, 6.45) is 3.90. The highest BCUT2D eigenvalue weighted by Crippen LogP contribution is 2.08. The van der Waals surface area contributed by atoms with Crippen LogP contribution in [-0.2, 0) is 0 Å². The van der Waals surface area contributed by atoms with Gasteiger partial charge in [0.25, 0.3) is 0 Å². The number of nitrogens with zero attached hydrogens (tertiary/aromatic N) is 1. The minimum absolute atomic E-state index is 0.300. The number of unbranched alkanes of at least 4 members (excludes halogenated alkanes) is 2. The van der Waals surface area contributed by atoms with E-state index in [-0.39, 0.29) is 12.1 Å². The summed E-state index contributed by atoms with van der Waals surface area (Å²) in [4.78, 5) is 27.4. The maximum atomic E-state index is 11.6. The molecule has 0 fully saturated rings. The van der Waals surface area contributed by atoms with Crippen LogP contribution in [0.3, 0.4) is 0 Å². The first kappa shape index (κ1) is 17.7. The Morgan fingerprint density at radius 1 is 0.909 bits per heavy atom. The van der Waals surface area contributed by atoms with E-state index in [0.717, 1.165) is 25.7 Å². The average Bonchev–Trinajstić information content (AvgIpc) is 2.48. The number of carbonyl (C=O) groups excluding carboxylic acids is 2. The minimum atomic E-state index is -0.300. The third-order valence-electron chi connectivity index (χ3n) is 2.86. The fourth-order valence-corrected chi connectivity index (χ4v) is 1.65. The van der Waals surface area contributed by atoms with Crippen LogP contribution in [0, 0.1) is 0 Å². The maximum Gasteiger partial charge on any atom is 0.320 e. The Morgan fingerprint density at radius 3 is 1.77 bits per heavy atom. The Balaban J connectivity index is 2.44. The molecule has 0 spiro atoms. The topological polar surface area (TPSA) is 95.2 Å². The third-order valence-corrected chi connectivity index (χ3v) is 2.86. The SMILES string of the molecule is CCCCNC(=O)Nc1cccc(NC(=O)NCCCC)n1. The second kappa shape index (κ2) is 10.4. The number of nitrogens with one attached hydrogen (secondary N) is 4. The van der Waals surface area contributed by atoms with Crippen LogP contribution >= 0.6 is 0 Å². The molecular weight excluding hydrogens is 282 g/mol. The van der Waals surface area contributed by atoms with Crippen molar-refractivity contribution in [2.24, 2.45) is 0 Å². The molecule has 0 aliphatic rings. The van der Waals surface area contributed by atoms with Crippen LogP contribution in [0.2, 0.25) is 0 Å². The number of urea groups is 2. The van der Waals surface area contributed by atoms with Gasteiger partial charge in [0.2, 0.25) is 0 Å². The zero-order valence-electron chi connectivity index (χ0n) is 13.2. The average molecular weight is 307 g/mol. The Bertz CT molecular complexity index is 440. The van der Waals surface area contributed by atoms with Gasteiger partial charge in [0.05, 0.1) is 0 Å². The molecule has 7 heteroatoms. The summed E-state index contributed by atoms with van der Waals surface area (Å²) in [5, 5.41) is 10.7. The molecule has 0 bridgehead atoms. The van der Waals surface area contributed by atoms with Crippen LogP contribution in [0.1, 0.15) is 39.5 Å². The molecule has 1 aromatic heterocycles. The molecule has 0 saturated heterocycles. The van der Waals surface area contributed by atoms with Crippen molar-refractivity contribution in [1.82, 2.24) is 15.6 Å². The molecule has 1 rings (SSSR count). The van der Waals surface area contributed by atoms with Crippen molar-refractivity contribution in [2.75, 3.05) is 23.7 Å². The minimum Gasteiger partial charge on any atom is -0.338 e. The highest BCUT2D eigenvalue weighted by Gasteiger charge is 2.05. The normalized spacial score (nSPS) is 9.91. The molecule has 0 aliphatic heterocycles. The summed E-state index contributed by atoms with van der Waals surface area (Å²) in [5.41, 5.74) is 0. The highest BCUT2D eigenvalue weighted by atomic mass is 16.2. The Labute approximate surface area is 131 Å². The monoisotopic (exact) mass is 307 g/mol. The molecule has 0 saturated carbocycles. The number of carbonyl (C=O) groups is 2. The van der Waals surface area contributed by atoms with Gasteiger partial charge in [0.1, 0.15) is 11.6 Å². The standard InChI is InChI=1S/C15H25N5O2/c1-3-5-10-16-14(21)19-12-8-7-9-13(18-12)20-15(22)17-11-6-4-2/h7-9H,3-6,10-11H2,1-2H3,(H4,16,17,18,19,20,21,22). The molecule has 7 nitrogen and oxygen atoms in total. The van der Waals surface area contributed by atoms with E-state index in [1.165, 1.54) is 0 Å². The summed E-state index contributed by atoms with van der Waals surface area (Å²) in [7, 11) is 0. The Kier molecular flexibility index (Phi) is 8.40. The van der Waals surface area contributed by atoms with Gasteiger partial charge in [-0.15, -0.1) is 0 Å². The number of aromatic nitrogens is 1. The van der Waals surface area contributed by atoms with E-state index in [0.29, 0.717) is 24.7 Å². The van der Waals surface area contributed by atoms with Crippen molar-refractivity contribution < 1.29 is 9.59 Å². The van der Waals surface area contributed by atoms with Gasteiger partial charge in [-0.3, -0.25) is 10.6 Å². The smallest absolute Gasteiger partial charge is 0.320 e. The van der Waals surface area contributed by atoms with E-state index < -0.39 is 0 Å². The van der Waals surface area contributed by atoms with Crippen LogP contribution in [0.4, 0.5) is 21.2 Å². The van der Waals surface area contributed by atoms with Crippen molar-refractivity contribution in [2.45, 2.75) is 39.5 Å². The van der Waals surface area contributed by atoms with Gasteiger partial charge in [0.15, 0.2) is 0 Å². The van der Waals surface area contributed by atoms with Crippen LogP contribution in [0.5, 0.6) is 0 Å². The molecule has 4 N–H and O–H groups in total. The summed E-state index contributed by atoms with van der Waals surface area (Å²) in [5.74, 6) is 0.778. The zero-order valence-corrected chi connectivity index (χ0v) is 13.2. The highest BCUT2D eigenvalue weighted by molar-refractivity contribution is 5.90. The van der Waals surface area contributed by atoms with E-state index in [1.807, 2.05) is 0 Å². The molecule has 1 aromatic rings. The lowest BCUT2D eigenvalue weighted by molar-refractivity contribution is 0.251.